The molecular weight excluding hydrogens is 302 g/mol. The van der Waals surface area contributed by atoms with Gasteiger partial charge >= 0.3 is 0 Å². The van der Waals surface area contributed by atoms with Gasteiger partial charge in [0.15, 0.2) is 0 Å². The summed E-state index contributed by atoms with van der Waals surface area (Å²) in [5, 5.41) is 0. The summed E-state index contributed by atoms with van der Waals surface area (Å²) in [6.45, 7) is 2.35. The SMILES string of the molecule is CC1CCCC2(CC1)C[C@@H](N)c1ccc(Br)cc1O2. The lowest BCUT2D eigenvalue weighted by atomic mass is 9.82. The van der Waals surface area contributed by atoms with E-state index in [2.05, 4.69) is 41.1 Å². The lowest BCUT2D eigenvalue weighted by molar-refractivity contribution is 0.0205. The Bertz CT molecular complexity index is 476. The minimum atomic E-state index is -0.0159. The molecule has 2 N–H and O–H groups in total. The Kier molecular flexibility index (Phi) is 3.61. The molecule has 3 atom stereocenters. The predicted octanol–water partition coefficient (Wildman–Crippen LogP) is 4.57. The Morgan fingerprint density at radius 1 is 1.32 bits per heavy atom. The molecular formula is C16H22BrNO. The molecule has 1 aromatic carbocycles. The Morgan fingerprint density at radius 2 is 2.16 bits per heavy atom. The zero-order valence-corrected chi connectivity index (χ0v) is 13.1. The Hall–Kier alpha value is -0.540. The second kappa shape index (κ2) is 5.10. The maximum absolute atomic E-state index is 6.43. The molecule has 1 aliphatic heterocycles. The van der Waals surface area contributed by atoms with Crippen molar-refractivity contribution in [3.8, 4) is 5.75 Å². The highest BCUT2D eigenvalue weighted by Crippen LogP contribution is 2.45. The molecule has 1 aliphatic carbocycles. The van der Waals surface area contributed by atoms with Crippen LogP contribution in [0.5, 0.6) is 5.75 Å². The van der Waals surface area contributed by atoms with E-state index in [1.165, 1.54) is 19.3 Å². The molecule has 2 unspecified atom stereocenters. The lowest BCUT2D eigenvalue weighted by Crippen LogP contribution is -2.42. The fourth-order valence-corrected chi connectivity index (χ4v) is 3.89. The Morgan fingerprint density at radius 3 is 3.00 bits per heavy atom. The van der Waals surface area contributed by atoms with E-state index < -0.39 is 0 Å². The Balaban J connectivity index is 1.90. The summed E-state index contributed by atoms with van der Waals surface area (Å²) in [6, 6.07) is 6.33. The maximum atomic E-state index is 6.43. The first-order valence-corrected chi connectivity index (χ1v) is 8.11. The van der Waals surface area contributed by atoms with E-state index in [4.69, 9.17) is 10.5 Å². The van der Waals surface area contributed by atoms with Gasteiger partial charge in [-0.1, -0.05) is 35.3 Å². The third-order valence-electron chi connectivity index (χ3n) is 4.72. The predicted molar refractivity (Wildman–Crippen MR) is 81.3 cm³/mol. The fraction of sp³-hybridized carbons (Fsp3) is 0.625. The van der Waals surface area contributed by atoms with Crippen LogP contribution in [0.1, 0.15) is 57.1 Å². The van der Waals surface area contributed by atoms with Gasteiger partial charge in [0.05, 0.1) is 0 Å². The van der Waals surface area contributed by atoms with Crippen molar-refractivity contribution in [3.05, 3.63) is 28.2 Å². The standard InChI is InChI=1S/C16H22BrNO/c1-11-3-2-7-16(8-6-11)10-14(18)13-5-4-12(17)9-15(13)19-16/h4-5,9,11,14H,2-3,6-8,10,18H2,1H3/t11?,14-,16?/m1/s1. The van der Waals surface area contributed by atoms with Gasteiger partial charge in [0.2, 0.25) is 0 Å². The van der Waals surface area contributed by atoms with Gasteiger partial charge in [-0.25, -0.2) is 0 Å². The normalized spacial score (nSPS) is 34.5. The highest BCUT2D eigenvalue weighted by atomic mass is 79.9. The van der Waals surface area contributed by atoms with Gasteiger partial charge < -0.3 is 10.5 Å². The van der Waals surface area contributed by atoms with E-state index in [0.717, 1.165) is 41.0 Å². The zero-order chi connectivity index (χ0) is 13.5. The number of ether oxygens (including phenoxy) is 1. The summed E-state index contributed by atoms with van der Waals surface area (Å²) in [6.07, 6.45) is 7.11. The monoisotopic (exact) mass is 323 g/mol. The minimum Gasteiger partial charge on any atom is -0.487 e. The fourth-order valence-electron chi connectivity index (χ4n) is 3.55. The first kappa shape index (κ1) is 13.4. The van der Waals surface area contributed by atoms with Crippen LogP contribution in [0.2, 0.25) is 0 Å². The number of fused-ring (bicyclic) bond motifs is 1. The van der Waals surface area contributed by atoms with Gasteiger partial charge in [0.25, 0.3) is 0 Å². The molecule has 0 radical (unpaired) electrons. The summed E-state index contributed by atoms with van der Waals surface area (Å²) < 4.78 is 7.50. The van der Waals surface area contributed by atoms with Gasteiger partial charge in [-0.15, -0.1) is 0 Å². The quantitative estimate of drug-likeness (QED) is 0.759. The van der Waals surface area contributed by atoms with Crippen molar-refractivity contribution in [1.82, 2.24) is 0 Å². The van der Waals surface area contributed by atoms with Crippen LogP contribution < -0.4 is 10.5 Å². The van der Waals surface area contributed by atoms with Crippen molar-refractivity contribution < 1.29 is 4.74 Å². The molecule has 1 fully saturated rings. The summed E-state index contributed by atoms with van der Waals surface area (Å²) in [5.41, 5.74) is 7.53. The first-order chi connectivity index (χ1) is 9.08. The van der Waals surface area contributed by atoms with Crippen molar-refractivity contribution >= 4 is 15.9 Å². The molecule has 1 heterocycles. The van der Waals surface area contributed by atoms with Crippen LogP contribution in [0.25, 0.3) is 0 Å². The average Bonchev–Trinajstić information content (AvgIpc) is 2.52. The molecule has 0 amide bonds. The zero-order valence-electron chi connectivity index (χ0n) is 11.5. The van der Waals surface area contributed by atoms with Gasteiger partial charge in [-0.05, 0) is 43.7 Å². The van der Waals surface area contributed by atoms with Crippen LogP contribution in [0.4, 0.5) is 0 Å². The molecule has 19 heavy (non-hydrogen) atoms. The largest absolute Gasteiger partial charge is 0.487 e. The molecule has 1 spiro atoms. The first-order valence-electron chi connectivity index (χ1n) is 7.32. The van der Waals surface area contributed by atoms with Gasteiger partial charge in [0.1, 0.15) is 11.4 Å². The van der Waals surface area contributed by atoms with E-state index in [9.17, 15) is 0 Å². The number of rotatable bonds is 0. The molecule has 1 saturated carbocycles. The number of hydrogen-bond donors (Lipinski definition) is 1. The third-order valence-corrected chi connectivity index (χ3v) is 5.21. The molecule has 3 heteroatoms. The van der Waals surface area contributed by atoms with Crippen molar-refractivity contribution in [2.24, 2.45) is 11.7 Å². The second-order valence-corrected chi connectivity index (χ2v) is 7.23. The van der Waals surface area contributed by atoms with Crippen molar-refractivity contribution in [2.75, 3.05) is 0 Å². The van der Waals surface area contributed by atoms with E-state index in [0.29, 0.717) is 0 Å². The second-order valence-electron chi connectivity index (χ2n) is 6.31. The van der Waals surface area contributed by atoms with Crippen LogP contribution in [-0.2, 0) is 0 Å². The molecule has 2 aliphatic rings. The number of halogens is 1. The molecule has 3 rings (SSSR count). The van der Waals surface area contributed by atoms with Crippen molar-refractivity contribution in [3.63, 3.8) is 0 Å². The van der Waals surface area contributed by atoms with Crippen LogP contribution in [0.15, 0.2) is 22.7 Å². The maximum Gasteiger partial charge on any atom is 0.126 e. The molecule has 0 aromatic heterocycles. The summed E-state index contributed by atoms with van der Waals surface area (Å²) in [5.74, 6) is 1.81. The number of hydrogen-bond acceptors (Lipinski definition) is 2. The van der Waals surface area contributed by atoms with Crippen molar-refractivity contribution in [1.29, 1.82) is 0 Å². The number of nitrogens with two attached hydrogens (primary N) is 1. The average molecular weight is 324 g/mol. The van der Waals surface area contributed by atoms with Gasteiger partial charge in [-0.2, -0.15) is 0 Å². The lowest BCUT2D eigenvalue weighted by Gasteiger charge is -2.41. The topological polar surface area (TPSA) is 35.2 Å². The molecule has 0 bridgehead atoms. The van der Waals surface area contributed by atoms with Crippen LogP contribution in [0, 0.1) is 5.92 Å². The van der Waals surface area contributed by atoms with Crippen LogP contribution in [0.3, 0.4) is 0 Å². The van der Waals surface area contributed by atoms with Gasteiger partial charge in [-0.3, -0.25) is 0 Å². The van der Waals surface area contributed by atoms with Gasteiger partial charge in [0, 0.05) is 22.5 Å². The highest BCUT2D eigenvalue weighted by Gasteiger charge is 2.40. The summed E-state index contributed by atoms with van der Waals surface area (Å²) in [7, 11) is 0. The highest BCUT2D eigenvalue weighted by molar-refractivity contribution is 9.10. The van der Waals surface area contributed by atoms with E-state index in [1.54, 1.807) is 0 Å². The van der Waals surface area contributed by atoms with E-state index in [-0.39, 0.29) is 11.6 Å². The summed E-state index contributed by atoms with van der Waals surface area (Å²) in [4.78, 5) is 0. The van der Waals surface area contributed by atoms with E-state index >= 15 is 0 Å². The Labute approximate surface area is 123 Å². The minimum absolute atomic E-state index is 0.0159. The number of benzene rings is 1. The summed E-state index contributed by atoms with van der Waals surface area (Å²) >= 11 is 3.53. The molecule has 0 saturated heterocycles. The third kappa shape index (κ3) is 2.68. The molecule has 1 aromatic rings. The van der Waals surface area contributed by atoms with Crippen LogP contribution in [-0.4, -0.2) is 5.60 Å². The smallest absolute Gasteiger partial charge is 0.126 e. The van der Waals surface area contributed by atoms with E-state index in [1.807, 2.05) is 0 Å². The molecule has 2 nitrogen and oxygen atoms in total. The van der Waals surface area contributed by atoms with Crippen LogP contribution >= 0.6 is 15.9 Å². The molecule has 104 valence electrons. The van der Waals surface area contributed by atoms with Crippen molar-refractivity contribution in [2.45, 2.75) is 57.1 Å².